The molecule has 1 aliphatic rings. The summed E-state index contributed by atoms with van der Waals surface area (Å²) in [5.74, 6) is -1.15. The number of hydrogen-bond acceptors (Lipinski definition) is 7. The van der Waals surface area contributed by atoms with E-state index in [2.05, 4.69) is 10.2 Å². The first-order valence-electron chi connectivity index (χ1n) is 11.5. The fourth-order valence-corrected chi connectivity index (χ4v) is 5.59. The Morgan fingerprint density at radius 1 is 1.26 bits per heavy atom. The Hall–Kier alpha value is -3.27. The van der Waals surface area contributed by atoms with Crippen molar-refractivity contribution in [2.24, 2.45) is 0 Å². The van der Waals surface area contributed by atoms with Gasteiger partial charge in [0.2, 0.25) is 0 Å². The van der Waals surface area contributed by atoms with E-state index in [0.29, 0.717) is 24.5 Å². The Bertz CT molecular complexity index is 1170. The first kappa shape index (κ1) is 24.8. The van der Waals surface area contributed by atoms with Gasteiger partial charge in [-0.15, -0.1) is 11.3 Å². The van der Waals surface area contributed by atoms with Crippen LogP contribution in [0.1, 0.15) is 66.8 Å². The van der Waals surface area contributed by atoms with Gasteiger partial charge in [0.05, 0.1) is 12.0 Å². The Balaban J connectivity index is 1.82. The number of halogens is 1. The molecule has 1 aliphatic heterocycles. The molecule has 0 aliphatic carbocycles. The van der Waals surface area contributed by atoms with Crippen LogP contribution >= 0.6 is 11.3 Å². The van der Waals surface area contributed by atoms with E-state index in [1.165, 1.54) is 23.5 Å². The van der Waals surface area contributed by atoms with Crippen molar-refractivity contribution in [3.05, 3.63) is 69.7 Å². The molecule has 0 bridgehead atoms. The molecule has 35 heavy (non-hydrogen) atoms. The molecular formula is C25H29FN4O4S. The SMILES string of the molecule is CCOC(=O)c1csc(C2(c3ccn[nH]3)CCN(C(=O)OC(C)(C)C)CC2c2ccc(F)cc2)n1. The van der Waals surface area contributed by atoms with E-state index in [-0.39, 0.29) is 24.0 Å². The number of H-pyrrole nitrogens is 1. The van der Waals surface area contributed by atoms with Crippen LogP contribution in [-0.4, -0.2) is 57.4 Å². The van der Waals surface area contributed by atoms with Crippen LogP contribution in [-0.2, 0) is 14.9 Å². The normalized spacial score (nSPS) is 20.5. The zero-order valence-electron chi connectivity index (χ0n) is 20.2. The number of thiazole rings is 1. The number of carbonyl (C=O) groups is 2. The lowest BCUT2D eigenvalue weighted by atomic mass is 9.65. The highest BCUT2D eigenvalue weighted by Crippen LogP contribution is 2.50. The number of esters is 1. The van der Waals surface area contributed by atoms with E-state index in [9.17, 15) is 14.0 Å². The van der Waals surface area contributed by atoms with Crippen LogP contribution in [0.4, 0.5) is 9.18 Å². The molecule has 2 aromatic heterocycles. The number of likely N-dealkylation sites (tertiary alicyclic amines) is 1. The highest BCUT2D eigenvalue weighted by molar-refractivity contribution is 7.10. The summed E-state index contributed by atoms with van der Waals surface area (Å²) >= 11 is 1.36. The van der Waals surface area contributed by atoms with E-state index in [4.69, 9.17) is 14.5 Å². The number of amides is 1. The van der Waals surface area contributed by atoms with Crippen molar-refractivity contribution in [2.75, 3.05) is 19.7 Å². The Kier molecular flexibility index (Phi) is 6.93. The van der Waals surface area contributed by atoms with Gasteiger partial charge in [-0.2, -0.15) is 5.10 Å². The highest BCUT2D eigenvalue weighted by Gasteiger charge is 2.51. The van der Waals surface area contributed by atoms with Crippen LogP contribution in [0.2, 0.25) is 0 Å². The average Bonchev–Trinajstić information content (AvgIpc) is 3.51. The van der Waals surface area contributed by atoms with Crippen molar-refractivity contribution in [1.82, 2.24) is 20.1 Å². The predicted molar refractivity (Wildman–Crippen MR) is 129 cm³/mol. The minimum Gasteiger partial charge on any atom is -0.461 e. The molecule has 186 valence electrons. The molecule has 0 spiro atoms. The number of ether oxygens (including phenoxy) is 2. The van der Waals surface area contributed by atoms with Gasteiger partial charge in [0.1, 0.15) is 16.4 Å². The summed E-state index contributed by atoms with van der Waals surface area (Å²) in [5, 5.41) is 9.66. The number of aromatic nitrogens is 3. The molecule has 2 unspecified atom stereocenters. The van der Waals surface area contributed by atoms with E-state index in [0.717, 1.165) is 11.3 Å². The quantitative estimate of drug-likeness (QED) is 0.501. The molecule has 0 radical (unpaired) electrons. The van der Waals surface area contributed by atoms with Crippen LogP contribution in [0.3, 0.4) is 0 Å². The first-order chi connectivity index (χ1) is 16.6. The summed E-state index contributed by atoms with van der Waals surface area (Å²) in [6, 6.07) is 8.15. The maximum absolute atomic E-state index is 13.8. The third-order valence-corrected chi connectivity index (χ3v) is 7.07. The molecule has 0 saturated carbocycles. The Morgan fingerprint density at radius 2 is 2.00 bits per heavy atom. The van der Waals surface area contributed by atoms with Gasteiger partial charge in [-0.05, 0) is 57.9 Å². The number of carbonyl (C=O) groups excluding carboxylic acids is 2. The number of hydrogen-bond donors (Lipinski definition) is 1. The van der Waals surface area contributed by atoms with E-state index < -0.39 is 23.1 Å². The fraction of sp³-hybridized carbons (Fsp3) is 0.440. The summed E-state index contributed by atoms with van der Waals surface area (Å²) in [4.78, 5) is 31.7. The minimum absolute atomic E-state index is 0.234. The molecule has 2 atom stereocenters. The number of nitrogens with one attached hydrogen (secondary N) is 1. The lowest BCUT2D eigenvalue weighted by molar-refractivity contribution is 0.0148. The fourth-order valence-electron chi connectivity index (χ4n) is 4.51. The van der Waals surface area contributed by atoms with Gasteiger partial charge in [-0.25, -0.2) is 19.0 Å². The second kappa shape index (κ2) is 9.77. The molecule has 4 rings (SSSR count). The summed E-state index contributed by atoms with van der Waals surface area (Å²) in [5.41, 5.74) is 0.507. The van der Waals surface area contributed by atoms with Crippen molar-refractivity contribution in [3.63, 3.8) is 0 Å². The minimum atomic E-state index is -0.734. The average molecular weight is 501 g/mol. The van der Waals surface area contributed by atoms with Gasteiger partial charge in [0.15, 0.2) is 5.69 Å². The number of rotatable bonds is 5. The Morgan fingerprint density at radius 3 is 2.63 bits per heavy atom. The zero-order chi connectivity index (χ0) is 25.2. The van der Waals surface area contributed by atoms with Crippen LogP contribution in [0, 0.1) is 5.82 Å². The van der Waals surface area contributed by atoms with E-state index in [1.54, 1.807) is 35.5 Å². The van der Waals surface area contributed by atoms with Gasteiger partial charge in [-0.3, -0.25) is 5.10 Å². The van der Waals surface area contributed by atoms with Crippen LogP contribution < -0.4 is 0 Å². The van der Waals surface area contributed by atoms with Gasteiger partial charge < -0.3 is 14.4 Å². The smallest absolute Gasteiger partial charge is 0.410 e. The summed E-state index contributed by atoms with van der Waals surface area (Å²) in [6.07, 6.45) is 1.75. The van der Waals surface area contributed by atoms with Crippen molar-refractivity contribution in [1.29, 1.82) is 0 Å². The topological polar surface area (TPSA) is 97.4 Å². The summed E-state index contributed by atoms with van der Waals surface area (Å²) < 4.78 is 24.6. The van der Waals surface area contributed by atoms with Crippen LogP contribution in [0.15, 0.2) is 41.9 Å². The molecule has 1 N–H and O–H groups in total. The van der Waals surface area contributed by atoms with Crippen molar-refractivity contribution >= 4 is 23.4 Å². The third kappa shape index (κ3) is 5.07. The van der Waals surface area contributed by atoms with Gasteiger partial charge in [-0.1, -0.05) is 12.1 Å². The maximum Gasteiger partial charge on any atom is 0.410 e. The molecule has 1 amide bonds. The molecule has 10 heteroatoms. The molecular weight excluding hydrogens is 471 g/mol. The van der Waals surface area contributed by atoms with E-state index >= 15 is 0 Å². The molecule has 1 saturated heterocycles. The summed E-state index contributed by atoms with van der Waals surface area (Å²) in [6.45, 7) is 8.19. The van der Waals surface area contributed by atoms with Gasteiger partial charge in [0.25, 0.3) is 0 Å². The maximum atomic E-state index is 13.8. The van der Waals surface area contributed by atoms with Crippen molar-refractivity contribution in [3.8, 4) is 0 Å². The molecule has 3 aromatic rings. The van der Waals surface area contributed by atoms with Gasteiger partial charge in [0, 0.05) is 36.3 Å². The molecule has 8 nitrogen and oxygen atoms in total. The van der Waals surface area contributed by atoms with Gasteiger partial charge >= 0.3 is 12.1 Å². The Labute approximate surface area is 207 Å². The predicted octanol–water partition coefficient (Wildman–Crippen LogP) is 4.89. The lowest BCUT2D eigenvalue weighted by Crippen LogP contribution is -2.52. The number of piperidine rings is 1. The molecule has 1 aromatic carbocycles. The van der Waals surface area contributed by atoms with Crippen molar-refractivity contribution < 1.29 is 23.5 Å². The first-order valence-corrected chi connectivity index (χ1v) is 12.4. The number of benzene rings is 1. The highest BCUT2D eigenvalue weighted by atomic mass is 32.1. The molecule has 1 fully saturated rings. The monoisotopic (exact) mass is 500 g/mol. The van der Waals surface area contributed by atoms with Crippen LogP contribution in [0.25, 0.3) is 0 Å². The van der Waals surface area contributed by atoms with Crippen LogP contribution in [0.5, 0.6) is 0 Å². The lowest BCUT2D eigenvalue weighted by Gasteiger charge is -2.46. The van der Waals surface area contributed by atoms with Crippen molar-refractivity contribution in [2.45, 2.75) is 51.0 Å². The second-order valence-electron chi connectivity index (χ2n) is 9.48. The number of nitrogens with zero attached hydrogens (tertiary/aromatic N) is 3. The number of aromatic amines is 1. The zero-order valence-corrected chi connectivity index (χ0v) is 21.0. The third-order valence-electron chi connectivity index (χ3n) is 6.05. The largest absolute Gasteiger partial charge is 0.461 e. The summed E-state index contributed by atoms with van der Waals surface area (Å²) in [7, 11) is 0. The standard InChI is InChI=1S/C25H29FN4O4S/c1-5-33-21(31)19-15-35-22(28-19)25(20-10-12-27-29-20)11-13-30(23(32)34-24(2,3)4)14-18(25)16-6-8-17(26)9-7-16/h6-10,12,15,18H,5,11,13-14H2,1-4H3,(H,27,29). The van der Waals surface area contributed by atoms with E-state index in [1.807, 2.05) is 26.8 Å². The second-order valence-corrected chi connectivity index (χ2v) is 10.3. The molecule has 3 heterocycles.